The standard InChI is InChI=1S/C14H23NS/c1-5-8-15-10-13-6-7-14(12(4)9-13)16-11(2)3/h6-7,9,11,15H,5,8,10H2,1-4H3. The normalized spacial score (nSPS) is 11.1. The number of hydrogen-bond donors (Lipinski definition) is 1. The highest BCUT2D eigenvalue weighted by molar-refractivity contribution is 8.00. The molecular weight excluding hydrogens is 214 g/mol. The van der Waals surface area contributed by atoms with Gasteiger partial charge in [0.1, 0.15) is 0 Å². The van der Waals surface area contributed by atoms with Crippen LogP contribution in [0.3, 0.4) is 0 Å². The molecule has 0 bridgehead atoms. The topological polar surface area (TPSA) is 12.0 Å². The number of hydrogen-bond acceptors (Lipinski definition) is 2. The Bertz CT molecular complexity index is 321. The van der Waals surface area contributed by atoms with Crippen molar-refractivity contribution in [2.75, 3.05) is 6.54 Å². The molecule has 0 aliphatic carbocycles. The minimum atomic E-state index is 0.655. The second-order valence-corrected chi connectivity index (χ2v) is 6.06. The third-order valence-electron chi connectivity index (χ3n) is 2.36. The van der Waals surface area contributed by atoms with Gasteiger partial charge in [-0.2, -0.15) is 0 Å². The van der Waals surface area contributed by atoms with E-state index in [9.17, 15) is 0 Å². The van der Waals surface area contributed by atoms with Gasteiger partial charge in [-0.1, -0.05) is 32.9 Å². The van der Waals surface area contributed by atoms with Crippen LogP contribution < -0.4 is 5.32 Å². The molecule has 2 heteroatoms. The van der Waals surface area contributed by atoms with Crippen molar-refractivity contribution in [2.24, 2.45) is 0 Å². The average molecular weight is 237 g/mol. The van der Waals surface area contributed by atoms with Crippen molar-refractivity contribution in [2.45, 2.75) is 50.8 Å². The van der Waals surface area contributed by atoms with Crippen LogP contribution in [0.1, 0.15) is 38.3 Å². The van der Waals surface area contributed by atoms with Gasteiger partial charge in [0.2, 0.25) is 0 Å². The van der Waals surface area contributed by atoms with Crippen molar-refractivity contribution < 1.29 is 0 Å². The van der Waals surface area contributed by atoms with Crippen LogP contribution in [0.2, 0.25) is 0 Å². The van der Waals surface area contributed by atoms with Gasteiger partial charge >= 0.3 is 0 Å². The summed E-state index contributed by atoms with van der Waals surface area (Å²) in [7, 11) is 0. The summed E-state index contributed by atoms with van der Waals surface area (Å²) in [6.45, 7) is 11.0. The Labute approximate surface area is 104 Å². The van der Waals surface area contributed by atoms with Crippen LogP contribution in [0.25, 0.3) is 0 Å². The molecular formula is C14H23NS. The molecule has 1 N–H and O–H groups in total. The lowest BCUT2D eigenvalue weighted by atomic mass is 10.1. The molecule has 0 heterocycles. The molecule has 0 fully saturated rings. The van der Waals surface area contributed by atoms with Crippen LogP contribution >= 0.6 is 11.8 Å². The van der Waals surface area contributed by atoms with Gasteiger partial charge in [-0.05, 0) is 37.1 Å². The number of aryl methyl sites for hydroxylation is 1. The molecule has 0 aliphatic heterocycles. The number of nitrogens with one attached hydrogen (secondary N) is 1. The van der Waals surface area contributed by atoms with Crippen LogP contribution in [0.4, 0.5) is 0 Å². The van der Waals surface area contributed by atoms with E-state index >= 15 is 0 Å². The molecule has 1 aromatic rings. The fourth-order valence-electron chi connectivity index (χ4n) is 1.62. The van der Waals surface area contributed by atoms with Crippen molar-refractivity contribution >= 4 is 11.8 Å². The summed E-state index contributed by atoms with van der Waals surface area (Å²) >= 11 is 1.94. The van der Waals surface area contributed by atoms with Crippen LogP contribution in [0, 0.1) is 6.92 Å². The molecule has 0 unspecified atom stereocenters. The molecule has 1 rings (SSSR count). The zero-order chi connectivity index (χ0) is 12.0. The smallest absolute Gasteiger partial charge is 0.0205 e. The average Bonchev–Trinajstić information content (AvgIpc) is 2.22. The van der Waals surface area contributed by atoms with Crippen molar-refractivity contribution in [3.8, 4) is 0 Å². The Kier molecular flexibility index (Phi) is 5.93. The first-order valence-electron chi connectivity index (χ1n) is 6.10. The zero-order valence-corrected chi connectivity index (χ0v) is 11.7. The minimum Gasteiger partial charge on any atom is -0.313 e. The zero-order valence-electron chi connectivity index (χ0n) is 10.8. The molecule has 0 saturated carbocycles. The summed E-state index contributed by atoms with van der Waals surface area (Å²) < 4.78 is 0. The largest absolute Gasteiger partial charge is 0.313 e. The molecule has 0 aliphatic rings. The quantitative estimate of drug-likeness (QED) is 0.593. The highest BCUT2D eigenvalue weighted by Gasteiger charge is 2.03. The fourth-order valence-corrected chi connectivity index (χ4v) is 2.52. The molecule has 0 saturated heterocycles. The van der Waals surface area contributed by atoms with E-state index < -0.39 is 0 Å². The molecule has 0 aromatic heterocycles. The second kappa shape index (κ2) is 6.97. The second-order valence-electron chi connectivity index (χ2n) is 4.44. The summed E-state index contributed by atoms with van der Waals surface area (Å²) in [4.78, 5) is 1.41. The van der Waals surface area contributed by atoms with E-state index in [-0.39, 0.29) is 0 Å². The van der Waals surface area contributed by atoms with Crippen LogP contribution in [0.15, 0.2) is 23.1 Å². The van der Waals surface area contributed by atoms with E-state index in [1.807, 2.05) is 11.8 Å². The maximum absolute atomic E-state index is 3.43. The van der Waals surface area contributed by atoms with E-state index in [1.165, 1.54) is 22.4 Å². The van der Waals surface area contributed by atoms with Gasteiger partial charge < -0.3 is 5.32 Å². The molecule has 16 heavy (non-hydrogen) atoms. The lowest BCUT2D eigenvalue weighted by Gasteiger charge is -2.10. The summed E-state index contributed by atoms with van der Waals surface area (Å²) in [5, 5.41) is 4.09. The molecule has 0 amide bonds. The summed E-state index contributed by atoms with van der Waals surface area (Å²) in [6, 6.07) is 6.79. The number of rotatable bonds is 6. The monoisotopic (exact) mass is 237 g/mol. The summed E-state index contributed by atoms with van der Waals surface area (Å²) in [5.74, 6) is 0. The van der Waals surface area contributed by atoms with E-state index in [0.29, 0.717) is 5.25 Å². The predicted molar refractivity (Wildman–Crippen MR) is 74.2 cm³/mol. The van der Waals surface area contributed by atoms with Crippen LogP contribution in [-0.2, 0) is 6.54 Å². The van der Waals surface area contributed by atoms with E-state index in [4.69, 9.17) is 0 Å². The minimum absolute atomic E-state index is 0.655. The van der Waals surface area contributed by atoms with E-state index in [2.05, 4.69) is 51.2 Å². The molecule has 0 atom stereocenters. The van der Waals surface area contributed by atoms with Gasteiger partial charge in [-0.25, -0.2) is 0 Å². The summed E-state index contributed by atoms with van der Waals surface area (Å²) in [6.07, 6.45) is 1.19. The van der Waals surface area contributed by atoms with Gasteiger partial charge in [0, 0.05) is 16.7 Å². The summed E-state index contributed by atoms with van der Waals surface area (Å²) in [5.41, 5.74) is 2.79. The Hall–Kier alpha value is -0.470. The van der Waals surface area contributed by atoms with E-state index in [1.54, 1.807) is 0 Å². The number of benzene rings is 1. The Morgan fingerprint density at radius 2 is 2.06 bits per heavy atom. The fraction of sp³-hybridized carbons (Fsp3) is 0.571. The highest BCUT2D eigenvalue weighted by Crippen LogP contribution is 2.26. The van der Waals surface area contributed by atoms with E-state index in [0.717, 1.165) is 13.1 Å². The molecule has 1 aromatic carbocycles. The van der Waals surface area contributed by atoms with Crippen molar-refractivity contribution in [1.82, 2.24) is 5.32 Å². The third kappa shape index (κ3) is 4.58. The van der Waals surface area contributed by atoms with Gasteiger partial charge in [0.15, 0.2) is 0 Å². The van der Waals surface area contributed by atoms with Crippen molar-refractivity contribution in [3.05, 3.63) is 29.3 Å². The first kappa shape index (κ1) is 13.6. The lowest BCUT2D eigenvalue weighted by Crippen LogP contribution is -2.13. The maximum Gasteiger partial charge on any atom is 0.0205 e. The van der Waals surface area contributed by atoms with Gasteiger partial charge in [-0.3, -0.25) is 0 Å². The Morgan fingerprint density at radius 1 is 1.31 bits per heavy atom. The lowest BCUT2D eigenvalue weighted by molar-refractivity contribution is 0.675. The van der Waals surface area contributed by atoms with Crippen LogP contribution in [-0.4, -0.2) is 11.8 Å². The van der Waals surface area contributed by atoms with Gasteiger partial charge in [0.25, 0.3) is 0 Å². The van der Waals surface area contributed by atoms with Crippen molar-refractivity contribution in [1.29, 1.82) is 0 Å². The first-order valence-corrected chi connectivity index (χ1v) is 6.98. The molecule has 0 spiro atoms. The maximum atomic E-state index is 3.43. The van der Waals surface area contributed by atoms with Gasteiger partial charge in [-0.15, -0.1) is 11.8 Å². The number of thioether (sulfide) groups is 1. The van der Waals surface area contributed by atoms with Crippen molar-refractivity contribution in [3.63, 3.8) is 0 Å². The Balaban J connectivity index is 2.60. The molecule has 90 valence electrons. The molecule has 0 radical (unpaired) electrons. The first-order chi connectivity index (χ1) is 7.63. The Morgan fingerprint density at radius 3 is 2.62 bits per heavy atom. The predicted octanol–water partition coefficient (Wildman–Crippen LogP) is 4.00. The molecule has 1 nitrogen and oxygen atoms in total. The van der Waals surface area contributed by atoms with Crippen LogP contribution in [0.5, 0.6) is 0 Å². The van der Waals surface area contributed by atoms with Gasteiger partial charge in [0.05, 0.1) is 0 Å². The SMILES string of the molecule is CCCNCc1ccc(SC(C)C)c(C)c1. The third-order valence-corrected chi connectivity index (χ3v) is 3.54. The highest BCUT2D eigenvalue weighted by atomic mass is 32.2.